The number of anilines is 1. The molecule has 0 aliphatic carbocycles. The van der Waals surface area contributed by atoms with Crippen molar-refractivity contribution in [2.24, 2.45) is 0 Å². The van der Waals surface area contributed by atoms with E-state index < -0.39 is 18.4 Å². The van der Waals surface area contributed by atoms with Gasteiger partial charge in [0.15, 0.2) is 17.0 Å². The lowest BCUT2D eigenvalue weighted by atomic mass is 10.1. The van der Waals surface area contributed by atoms with Gasteiger partial charge in [-0.3, -0.25) is 4.57 Å². The van der Waals surface area contributed by atoms with Gasteiger partial charge in [0.25, 0.3) is 0 Å². The van der Waals surface area contributed by atoms with E-state index in [9.17, 15) is 10.2 Å². The summed E-state index contributed by atoms with van der Waals surface area (Å²) >= 11 is 0. The van der Waals surface area contributed by atoms with Gasteiger partial charge in [0.05, 0.1) is 19.0 Å². The third kappa shape index (κ3) is 3.14. The largest absolute Gasteiger partial charge is 0.394 e. The number of aromatic nitrogens is 4. The van der Waals surface area contributed by atoms with Crippen molar-refractivity contribution in [1.82, 2.24) is 19.5 Å². The standard InChI is InChI=1S/C18H21N5O3/c1-11-2-4-12(5-3-11)7-19-17-16-18(21-9-20-17)23(10-22-16)15-6-13(25)14(8-24)26-15/h2-5,9-10,13-15,24-25H,6-8H2,1H3,(H,19,20,21)/t13-,14+,15+/m0/s1. The maximum absolute atomic E-state index is 9.95. The summed E-state index contributed by atoms with van der Waals surface area (Å²) in [6.07, 6.45) is 1.79. The van der Waals surface area contributed by atoms with Crippen molar-refractivity contribution in [2.45, 2.75) is 38.3 Å². The molecule has 3 N–H and O–H groups in total. The molecule has 1 aliphatic heterocycles. The van der Waals surface area contributed by atoms with Gasteiger partial charge in [-0.2, -0.15) is 0 Å². The Balaban J connectivity index is 1.56. The molecule has 3 aromatic rings. The van der Waals surface area contributed by atoms with Crippen molar-refractivity contribution in [1.29, 1.82) is 0 Å². The second kappa shape index (κ2) is 6.99. The zero-order chi connectivity index (χ0) is 18.1. The lowest BCUT2D eigenvalue weighted by molar-refractivity contribution is -0.0432. The monoisotopic (exact) mass is 355 g/mol. The fourth-order valence-electron chi connectivity index (χ4n) is 3.13. The Morgan fingerprint density at radius 2 is 2.04 bits per heavy atom. The molecule has 1 aliphatic rings. The normalized spacial score (nSPS) is 22.8. The molecule has 1 fully saturated rings. The van der Waals surface area contributed by atoms with Crippen LogP contribution < -0.4 is 5.32 Å². The fourth-order valence-corrected chi connectivity index (χ4v) is 3.13. The van der Waals surface area contributed by atoms with Gasteiger partial charge in [-0.1, -0.05) is 29.8 Å². The van der Waals surface area contributed by atoms with Gasteiger partial charge in [-0.05, 0) is 12.5 Å². The molecular formula is C18H21N5O3. The number of hydrogen-bond acceptors (Lipinski definition) is 7. The van der Waals surface area contributed by atoms with Crippen LogP contribution in [0.1, 0.15) is 23.8 Å². The second-order valence-electron chi connectivity index (χ2n) is 6.50. The van der Waals surface area contributed by atoms with E-state index in [4.69, 9.17) is 4.74 Å². The molecule has 3 heterocycles. The lowest BCUT2D eigenvalue weighted by Crippen LogP contribution is -2.24. The smallest absolute Gasteiger partial charge is 0.167 e. The second-order valence-corrected chi connectivity index (χ2v) is 6.50. The van der Waals surface area contributed by atoms with Gasteiger partial charge in [0.1, 0.15) is 18.7 Å². The van der Waals surface area contributed by atoms with E-state index in [0.29, 0.717) is 29.9 Å². The maximum Gasteiger partial charge on any atom is 0.167 e. The minimum atomic E-state index is -0.705. The van der Waals surface area contributed by atoms with Gasteiger partial charge in [-0.25, -0.2) is 15.0 Å². The van der Waals surface area contributed by atoms with Crippen molar-refractivity contribution in [3.8, 4) is 0 Å². The Morgan fingerprint density at radius 3 is 2.77 bits per heavy atom. The van der Waals surface area contributed by atoms with Crippen LogP contribution in [0.3, 0.4) is 0 Å². The van der Waals surface area contributed by atoms with Crippen LogP contribution in [-0.2, 0) is 11.3 Å². The van der Waals surface area contributed by atoms with Crippen LogP contribution in [0.5, 0.6) is 0 Å². The van der Waals surface area contributed by atoms with Crippen LogP contribution in [0.2, 0.25) is 0 Å². The molecule has 1 aromatic carbocycles. The topological polar surface area (TPSA) is 105 Å². The Labute approximate surface area is 150 Å². The summed E-state index contributed by atoms with van der Waals surface area (Å²) in [5, 5.41) is 22.5. The van der Waals surface area contributed by atoms with Crippen molar-refractivity contribution in [2.75, 3.05) is 11.9 Å². The van der Waals surface area contributed by atoms with Crippen LogP contribution in [0.15, 0.2) is 36.9 Å². The summed E-state index contributed by atoms with van der Waals surface area (Å²) in [5.41, 5.74) is 3.64. The van der Waals surface area contributed by atoms with E-state index in [-0.39, 0.29) is 6.61 Å². The van der Waals surface area contributed by atoms with E-state index >= 15 is 0 Å². The number of aryl methyl sites for hydroxylation is 1. The zero-order valence-corrected chi connectivity index (χ0v) is 14.4. The van der Waals surface area contributed by atoms with Crippen molar-refractivity contribution < 1.29 is 14.9 Å². The van der Waals surface area contributed by atoms with Crippen molar-refractivity contribution in [3.63, 3.8) is 0 Å². The van der Waals surface area contributed by atoms with Crippen LogP contribution in [0.4, 0.5) is 5.82 Å². The predicted octanol–water partition coefficient (Wildman–Crippen LogP) is 1.39. The highest BCUT2D eigenvalue weighted by atomic mass is 16.5. The lowest BCUT2D eigenvalue weighted by Gasteiger charge is -2.13. The SMILES string of the molecule is Cc1ccc(CNc2ncnc3c2ncn3[C@H]2C[C@H](O)[C@@H](CO)O2)cc1. The Kier molecular flexibility index (Phi) is 4.54. The minimum absolute atomic E-state index is 0.220. The number of aliphatic hydroxyl groups excluding tert-OH is 2. The first-order valence-electron chi connectivity index (χ1n) is 8.57. The Hall–Kier alpha value is -2.55. The third-order valence-corrected chi connectivity index (χ3v) is 4.63. The molecule has 2 aromatic heterocycles. The van der Waals surface area contributed by atoms with Crippen LogP contribution in [0.25, 0.3) is 11.2 Å². The van der Waals surface area contributed by atoms with Crippen molar-refractivity contribution >= 4 is 17.0 Å². The third-order valence-electron chi connectivity index (χ3n) is 4.63. The van der Waals surface area contributed by atoms with Crippen LogP contribution >= 0.6 is 0 Å². The Morgan fingerprint density at radius 1 is 1.23 bits per heavy atom. The van der Waals surface area contributed by atoms with Gasteiger partial charge < -0.3 is 20.3 Å². The molecule has 26 heavy (non-hydrogen) atoms. The quantitative estimate of drug-likeness (QED) is 0.635. The molecule has 0 radical (unpaired) electrons. The van der Waals surface area contributed by atoms with E-state index in [1.807, 2.05) is 0 Å². The highest BCUT2D eigenvalue weighted by Gasteiger charge is 2.35. The predicted molar refractivity (Wildman–Crippen MR) is 95.4 cm³/mol. The molecule has 8 nitrogen and oxygen atoms in total. The van der Waals surface area contributed by atoms with E-state index in [0.717, 1.165) is 5.56 Å². The molecule has 1 saturated heterocycles. The molecule has 0 unspecified atom stereocenters. The highest BCUT2D eigenvalue weighted by Crippen LogP contribution is 2.31. The minimum Gasteiger partial charge on any atom is -0.394 e. The number of aliphatic hydroxyl groups is 2. The van der Waals surface area contributed by atoms with E-state index in [1.54, 1.807) is 10.9 Å². The summed E-state index contributed by atoms with van der Waals surface area (Å²) in [4.78, 5) is 13.0. The first-order valence-corrected chi connectivity index (χ1v) is 8.57. The van der Waals surface area contributed by atoms with Gasteiger partial charge >= 0.3 is 0 Å². The summed E-state index contributed by atoms with van der Waals surface area (Å²) in [6.45, 7) is 2.47. The van der Waals surface area contributed by atoms with Crippen molar-refractivity contribution in [3.05, 3.63) is 48.0 Å². The first-order chi connectivity index (χ1) is 12.7. The van der Waals surface area contributed by atoms with Gasteiger partial charge in [0.2, 0.25) is 0 Å². The average molecular weight is 355 g/mol. The molecule has 4 rings (SSSR count). The summed E-state index contributed by atoms with van der Waals surface area (Å²) in [5.74, 6) is 0.645. The van der Waals surface area contributed by atoms with Crippen LogP contribution in [-0.4, -0.2) is 48.5 Å². The number of nitrogens with zero attached hydrogens (tertiary/aromatic N) is 4. The molecule has 0 bridgehead atoms. The number of nitrogens with one attached hydrogen (secondary N) is 1. The number of ether oxygens (including phenoxy) is 1. The Bertz CT molecular complexity index is 895. The summed E-state index contributed by atoms with van der Waals surface area (Å²) in [7, 11) is 0. The molecule has 3 atom stereocenters. The van der Waals surface area contributed by atoms with Gasteiger partial charge in [0, 0.05) is 13.0 Å². The summed E-state index contributed by atoms with van der Waals surface area (Å²) in [6, 6.07) is 8.29. The number of hydrogen-bond donors (Lipinski definition) is 3. The first kappa shape index (κ1) is 16.9. The van der Waals surface area contributed by atoms with E-state index in [1.165, 1.54) is 11.9 Å². The van der Waals surface area contributed by atoms with Crippen LogP contribution in [0, 0.1) is 6.92 Å². The van der Waals surface area contributed by atoms with Gasteiger partial charge in [-0.15, -0.1) is 0 Å². The molecule has 0 spiro atoms. The zero-order valence-electron chi connectivity index (χ0n) is 14.4. The number of fused-ring (bicyclic) bond motifs is 1. The molecule has 8 heteroatoms. The number of imidazole rings is 1. The highest BCUT2D eigenvalue weighted by molar-refractivity contribution is 5.82. The molecule has 136 valence electrons. The number of rotatable bonds is 5. The molecular weight excluding hydrogens is 334 g/mol. The molecule has 0 saturated carbocycles. The summed E-state index contributed by atoms with van der Waals surface area (Å²) < 4.78 is 7.47. The maximum atomic E-state index is 9.95. The van der Waals surface area contributed by atoms with E-state index in [2.05, 4.69) is 51.5 Å². The number of benzene rings is 1. The fraction of sp³-hybridized carbons (Fsp3) is 0.389. The molecule has 0 amide bonds. The average Bonchev–Trinajstić information content (AvgIpc) is 3.24.